The molecule has 8 rings (SSSR count). The average molecular weight is 1220 g/mol. The summed E-state index contributed by atoms with van der Waals surface area (Å²) in [6, 6.07) is 0. The Bertz CT molecular complexity index is 4410. The van der Waals surface area contributed by atoms with Gasteiger partial charge in [-0.05, 0) is 105 Å². The first kappa shape index (κ1) is 47.3. The number of hydrogen-bond acceptors (Lipinski definition) is 17. The van der Waals surface area contributed by atoms with Crippen LogP contribution in [0.25, 0.3) is 44.7 Å². The van der Waals surface area contributed by atoms with Gasteiger partial charge in [0.25, 0.3) is 22.2 Å². The number of rotatable bonds is 21. The molecule has 3 atom stereocenters. The minimum Gasteiger partial charge on any atom is -0.397 e. The topological polar surface area (TPSA) is 345 Å². The zero-order chi connectivity index (χ0) is 80.1. The number of aryl methyl sites for hydroxylation is 8. The smallest absolute Gasteiger partial charge is 0.397 e. The Labute approximate surface area is 541 Å². The van der Waals surface area contributed by atoms with Crippen LogP contribution in [0.3, 0.4) is 0 Å². The van der Waals surface area contributed by atoms with Gasteiger partial charge in [-0.15, -0.1) is 0 Å². The summed E-state index contributed by atoms with van der Waals surface area (Å²) < 4.78 is 153. The van der Waals surface area contributed by atoms with Crippen LogP contribution in [0.2, 0.25) is 0 Å². The summed E-state index contributed by atoms with van der Waals surface area (Å²) in [5.74, 6) is 0.0428. The van der Waals surface area contributed by atoms with Crippen molar-refractivity contribution in [2.45, 2.75) is 156 Å². The van der Waals surface area contributed by atoms with E-state index < -0.39 is 99.4 Å². The Morgan fingerprint density at radius 1 is 0.506 bits per heavy atom. The molecule has 0 amide bonds. The number of aliphatic hydroxyl groups is 4. The average Bonchev–Trinajstić information content (AvgIpc) is 1.45. The summed E-state index contributed by atoms with van der Waals surface area (Å²) in [5.41, 5.74) is -5.58. The monoisotopic (exact) mass is 1220 g/mol. The number of unbranched alkanes of at least 4 members (excludes halogenated alkanes) is 4. The summed E-state index contributed by atoms with van der Waals surface area (Å²) in [6.07, 6.45) is 4.03. The maximum Gasteiger partial charge on any atom is 1.00 e. The van der Waals surface area contributed by atoms with Crippen LogP contribution >= 0.6 is 0 Å². The molecule has 1 unspecified atom stereocenters. The molecule has 0 aliphatic rings. The predicted octanol–water partition coefficient (Wildman–Crippen LogP) is -4.30. The van der Waals surface area contributed by atoms with E-state index in [1.54, 1.807) is 6.92 Å². The molecule has 0 fully saturated rings. The summed E-state index contributed by atoms with van der Waals surface area (Å²) in [7, 11) is 2.71. The Balaban J connectivity index is 0.000000455. The van der Waals surface area contributed by atoms with Gasteiger partial charge in [0, 0.05) is 112 Å². The van der Waals surface area contributed by atoms with Gasteiger partial charge in [-0.2, -0.15) is 0 Å². The Morgan fingerprint density at radius 3 is 0.918 bits per heavy atom. The molecular weight excluding hydrogens is 1110 g/mol. The molecular formula is C54H88BN16NaO13. The summed E-state index contributed by atoms with van der Waals surface area (Å²) >= 11 is 0. The van der Waals surface area contributed by atoms with Gasteiger partial charge in [0.2, 0.25) is 1.43 Å². The Morgan fingerprint density at radius 2 is 0.729 bits per heavy atom. The molecule has 29 nitrogen and oxygen atoms in total. The van der Waals surface area contributed by atoms with Crippen molar-refractivity contribution in [3.05, 3.63) is 109 Å². The van der Waals surface area contributed by atoms with Crippen molar-refractivity contribution in [2.75, 3.05) is 6.61 Å². The second-order valence-corrected chi connectivity index (χ2v) is 19.4. The van der Waals surface area contributed by atoms with Crippen LogP contribution in [-0.4, -0.2) is 141 Å². The third-order valence-electron chi connectivity index (χ3n) is 12.8. The third-order valence-corrected chi connectivity index (χ3v) is 12.8. The van der Waals surface area contributed by atoms with E-state index in [9.17, 15) is 58.5 Å². The fraction of sp³-hybridized carbons (Fsp3) is 0.611. The number of ketones is 1. The van der Waals surface area contributed by atoms with Gasteiger partial charge >= 0.3 is 52.3 Å². The fourth-order valence-electron chi connectivity index (χ4n) is 8.46. The van der Waals surface area contributed by atoms with Crippen molar-refractivity contribution < 1.29 is 75.3 Å². The first-order chi connectivity index (χ1) is 47.4. The largest absolute Gasteiger partial charge is 1.00 e. The van der Waals surface area contributed by atoms with E-state index in [4.69, 9.17) is 27.3 Å². The van der Waals surface area contributed by atoms with Crippen LogP contribution in [0.5, 0.6) is 0 Å². The van der Waals surface area contributed by atoms with E-state index in [-0.39, 0.29) is 125 Å². The predicted molar refractivity (Wildman–Crippen MR) is 326 cm³/mol. The standard InChI is InChI=1S/3C13H20N4O3.C13H18N4O3.C2H6O.BH4.Na/c4*1-9(18)6-4-5-7-17-12(19)10-11(14-8-15(10)2)16(3)13(17)20;1-2-3;;/h3*8-9,18H,4-7H2,1-3H3;8H,4-7H2,1-3H3;3H,2H2,1H3;1H4;/q;;;;;-1;+1/t2*9-;;;;;/m10...../s1/i3*2D3,9D;2D3;3D;1D4;. The van der Waals surface area contributed by atoms with Crippen molar-refractivity contribution >= 4 is 58.7 Å². The summed E-state index contributed by atoms with van der Waals surface area (Å²) in [6.45, 7) is -2.13. The molecule has 4 N–H and O–H groups in total. The fourth-order valence-corrected chi connectivity index (χ4v) is 8.46. The summed E-state index contributed by atoms with van der Waals surface area (Å²) in [4.78, 5) is 126. The third kappa shape index (κ3) is 18.6. The molecule has 85 heavy (non-hydrogen) atoms. The molecule has 31 heteroatoms. The van der Waals surface area contributed by atoms with Crippen LogP contribution in [0.1, 0.15) is 132 Å². The van der Waals surface area contributed by atoms with E-state index in [0.717, 1.165) is 80.1 Å². The molecule has 8 heterocycles. The number of imidazole rings is 4. The molecule has 0 spiro atoms. The van der Waals surface area contributed by atoms with E-state index in [2.05, 4.69) is 25.0 Å². The van der Waals surface area contributed by atoms with E-state index in [1.807, 2.05) is 0 Å². The minimum absolute atomic E-state index is 0. The first-order valence-electron chi connectivity index (χ1n) is 36.5. The molecule has 8 aromatic rings. The second-order valence-electron chi connectivity index (χ2n) is 19.4. The van der Waals surface area contributed by atoms with Crippen molar-refractivity contribution in [1.29, 1.82) is 6.77 Å². The van der Waals surface area contributed by atoms with Crippen LogP contribution < -0.4 is 74.6 Å². The molecule has 8 aromatic heterocycles. The normalized spacial score (nSPS) is 17.2. The van der Waals surface area contributed by atoms with Crippen LogP contribution in [0.15, 0.2) is 63.7 Å². The number of carbonyl (C=O) groups is 1. The second kappa shape index (κ2) is 34.4. The van der Waals surface area contributed by atoms with Gasteiger partial charge in [-0.1, -0.05) is 8.27 Å². The number of hydrogen-bond donors (Lipinski definition) is 4. The van der Waals surface area contributed by atoms with Gasteiger partial charge in [-0.25, -0.2) is 44.5 Å². The molecule has 0 aliphatic heterocycles. The Hall–Kier alpha value is -6.83. The van der Waals surface area contributed by atoms with Gasteiger partial charge in [0.05, 0.1) is 47.7 Å². The molecule has 0 radical (unpaired) electrons. The van der Waals surface area contributed by atoms with Crippen molar-refractivity contribution in [3.63, 3.8) is 0 Å². The molecule has 0 bridgehead atoms. The number of Topliss-reactive ketones (excluding diaryl/α,β-unsaturated/α-hetero) is 1. The number of fused-ring (bicyclic) bond motifs is 4. The van der Waals surface area contributed by atoms with Gasteiger partial charge in [0.1, 0.15) is 5.78 Å². The van der Waals surface area contributed by atoms with Crippen molar-refractivity contribution in [2.24, 2.45) is 56.1 Å². The Kier molecular flexibility index (Phi) is 19.1. The molecule has 466 valence electrons. The SMILES string of the molecule is [2H]C(C)(O)CCCCn1c(=O)c2c(ncn2C([2H])([2H])[2H])n(C)c1=O.[2H]C([2H])([2H])n1cnc2c1c(=O)n(CCCCC(C)=O)c(=O)n2C.[2H]C([2H])([2H])n1cnc2c1c(=O)n(CCCC[C@@]([2H])(C)O)c(=O)n2C.[2H]C([2H])([2H])n1cnc2c1c(=O)n(CCCC[C@]([2H])(C)O)c(=O)n2C.[2H]OCC.[2H][B-]([2H])([2H])[2H].[Na+]. The minimum atomic E-state index is -3.00. The van der Waals surface area contributed by atoms with Crippen molar-refractivity contribution in [3.8, 4) is 0 Å². The maximum absolute atomic E-state index is 12.6. The zero-order valence-corrected chi connectivity index (χ0v) is 51.5. The zero-order valence-electron chi connectivity index (χ0n) is 69.5. The number of aromatic nitrogens is 16. The molecule has 0 saturated carbocycles. The summed E-state index contributed by atoms with van der Waals surface area (Å²) in [5, 5.41) is 31.9. The van der Waals surface area contributed by atoms with E-state index >= 15 is 0 Å². The maximum atomic E-state index is 12.6. The van der Waals surface area contributed by atoms with Crippen LogP contribution in [0.4, 0.5) is 0 Å². The molecule has 0 aliphatic carbocycles. The number of aliphatic hydroxyl groups excluding tert-OH is 1. The van der Waals surface area contributed by atoms with Crippen molar-refractivity contribution in [1.82, 2.24) is 74.7 Å². The van der Waals surface area contributed by atoms with Gasteiger partial charge in [0.15, 0.2) is 44.7 Å². The molecule has 0 saturated heterocycles. The van der Waals surface area contributed by atoms with Crippen LogP contribution in [0, 0.1) is 0 Å². The number of nitrogens with zero attached hydrogens (tertiary/aromatic N) is 16. The number of carbonyl (C=O) groups excluding carboxylic acids is 1. The quantitative estimate of drug-likeness (QED) is 0.0391. The van der Waals surface area contributed by atoms with E-state index in [0.29, 0.717) is 64.4 Å². The van der Waals surface area contributed by atoms with Crippen LogP contribution in [-0.2, 0) is 87.1 Å². The van der Waals surface area contributed by atoms with Gasteiger partial charge in [-0.3, -0.25) is 55.7 Å². The molecule has 0 aromatic carbocycles. The van der Waals surface area contributed by atoms with Gasteiger partial charge < -0.3 is 43.5 Å². The first-order valence-corrected chi connectivity index (χ1v) is 26.3. The van der Waals surface area contributed by atoms with E-state index in [1.165, 1.54) is 55.9 Å².